The molecule has 0 unspecified atom stereocenters. The summed E-state index contributed by atoms with van der Waals surface area (Å²) in [4.78, 5) is 22.0. The van der Waals surface area contributed by atoms with Crippen molar-refractivity contribution in [3.8, 4) is 11.6 Å². The van der Waals surface area contributed by atoms with Gasteiger partial charge >= 0.3 is 0 Å². The molecule has 1 aliphatic carbocycles. The van der Waals surface area contributed by atoms with Crippen LogP contribution in [0.15, 0.2) is 33.8 Å². The summed E-state index contributed by atoms with van der Waals surface area (Å²) in [5, 5.41) is 14.7. The predicted molar refractivity (Wildman–Crippen MR) is 104 cm³/mol. The monoisotopic (exact) mass is 413 g/mol. The Morgan fingerprint density at radius 2 is 2.10 bits per heavy atom. The van der Waals surface area contributed by atoms with Crippen LogP contribution in [-0.4, -0.2) is 42.9 Å². The topological polar surface area (TPSA) is 108 Å². The first-order chi connectivity index (χ1) is 14.5. The molecular formula is C20H20FN5O4. The van der Waals surface area contributed by atoms with Gasteiger partial charge in [-0.05, 0) is 43.9 Å². The number of aliphatic hydroxyl groups is 1. The Kier molecular flexibility index (Phi) is 4.40. The van der Waals surface area contributed by atoms with E-state index in [1.54, 1.807) is 10.5 Å². The van der Waals surface area contributed by atoms with E-state index < -0.39 is 11.4 Å². The van der Waals surface area contributed by atoms with Crippen molar-refractivity contribution < 1.29 is 18.8 Å². The molecule has 1 aliphatic rings. The minimum absolute atomic E-state index is 0.0599. The summed E-state index contributed by atoms with van der Waals surface area (Å²) >= 11 is 0. The van der Waals surface area contributed by atoms with Crippen molar-refractivity contribution >= 4 is 16.6 Å². The molecule has 1 saturated carbocycles. The largest absolute Gasteiger partial charge is 0.383 e. The molecule has 10 heteroatoms. The average Bonchev–Trinajstić information content (AvgIpc) is 3.47. The number of imidazole rings is 1. The van der Waals surface area contributed by atoms with Crippen molar-refractivity contribution in [2.24, 2.45) is 0 Å². The Labute approximate surface area is 169 Å². The molecule has 1 N–H and O–H groups in total. The van der Waals surface area contributed by atoms with Crippen molar-refractivity contribution in [3.05, 3.63) is 46.5 Å². The lowest BCUT2D eigenvalue weighted by atomic mass is 10.0. The maximum atomic E-state index is 13.9. The SMILES string of the molecule is COCCn1c(=O)c2c(-c3nc(C4(O)CCCC4)no3)ncn2c2ccc(F)cc21. The van der Waals surface area contributed by atoms with Gasteiger partial charge in [0, 0.05) is 13.7 Å². The zero-order chi connectivity index (χ0) is 20.9. The van der Waals surface area contributed by atoms with Gasteiger partial charge in [0.2, 0.25) is 5.82 Å². The number of hydrogen-bond donors (Lipinski definition) is 1. The highest BCUT2D eigenvalue weighted by atomic mass is 19.1. The standard InChI is InChI=1S/C20H20FN5O4/c1-29-9-8-25-14-10-12(21)4-5-13(14)26-11-22-15(16(26)18(25)27)17-23-19(24-30-17)20(28)6-2-3-7-20/h4-5,10-11,28H,2-3,6-9H2,1H3. The van der Waals surface area contributed by atoms with Gasteiger partial charge in [-0.2, -0.15) is 4.98 Å². The van der Waals surface area contributed by atoms with Gasteiger partial charge in [-0.1, -0.05) is 5.16 Å². The Morgan fingerprint density at radius 3 is 2.87 bits per heavy atom. The van der Waals surface area contributed by atoms with Gasteiger partial charge in [-0.25, -0.2) is 9.37 Å². The van der Waals surface area contributed by atoms with Crippen LogP contribution in [0.1, 0.15) is 31.5 Å². The average molecular weight is 413 g/mol. The lowest BCUT2D eigenvalue weighted by Gasteiger charge is -2.16. The molecule has 1 fully saturated rings. The number of benzene rings is 1. The predicted octanol–water partition coefficient (Wildman–Crippen LogP) is 2.25. The van der Waals surface area contributed by atoms with E-state index in [-0.39, 0.29) is 41.6 Å². The number of aromatic nitrogens is 5. The molecule has 0 aliphatic heterocycles. The van der Waals surface area contributed by atoms with Crippen LogP contribution in [0.3, 0.4) is 0 Å². The highest BCUT2D eigenvalue weighted by Crippen LogP contribution is 2.37. The van der Waals surface area contributed by atoms with Crippen molar-refractivity contribution in [2.75, 3.05) is 13.7 Å². The molecule has 0 radical (unpaired) electrons. The van der Waals surface area contributed by atoms with Crippen LogP contribution < -0.4 is 5.56 Å². The van der Waals surface area contributed by atoms with Crippen LogP contribution in [-0.2, 0) is 16.9 Å². The van der Waals surface area contributed by atoms with E-state index in [1.807, 2.05) is 0 Å². The second-order valence-corrected chi connectivity index (χ2v) is 7.56. The summed E-state index contributed by atoms with van der Waals surface area (Å²) in [5.41, 5.74) is 0.00346. The van der Waals surface area contributed by atoms with Gasteiger partial charge in [-0.15, -0.1) is 0 Å². The van der Waals surface area contributed by atoms with Gasteiger partial charge in [-0.3, -0.25) is 9.20 Å². The summed E-state index contributed by atoms with van der Waals surface area (Å²) in [6.45, 7) is 0.522. The second-order valence-electron chi connectivity index (χ2n) is 7.56. The summed E-state index contributed by atoms with van der Waals surface area (Å²) in [6.07, 6.45) is 4.38. The van der Waals surface area contributed by atoms with Crippen molar-refractivity contribution in [1.29, 1.82) is 0 Å². The molecule has 0 bridgehead atoms. The number of ether oxygens (including phenoxy) is 1. The van der Waals surface area contributed by atoms with Crippen molar-refractivity contribution in [2.45, 2.75) is 37.8 Å². The maximum absolute atomic E-state index is 13.9. The van der Waals surface area contributed by atoms with Gasteiger partial charge in [0.1, 0.15) is 23.3 Å². The Bertz CT molecular complexity index is 1300. The smallest absolute Gasteiger partial charge is 0.279 e. The molecule has 0 saturated heterocycles. The number of nitrogens with zero attached hydrogens (tertiary/aromatic N) is 5. The molecule has 0 spiro atoms. The minimum Gasteiger partial charge on any atom is -0.383 e. The molecule has 1 aromatic carbocycles. The first-order valence-electron chi connectivity index (χ1n) is 9.77. The fraction of sp³-hybridized carbons (Fsp3) is 0.400. The highest BCUT2D eigenvalue weighted by molar-refractivity contribution is 5.83. The van der Waals surface area contributed by atoms with Crippen molar-refractivity contribution in [3.63, 3.8) is 0 Å². The van der Waals surface area contributed by atoms with Gasteiger partial charge in [0.25, 0.3) is 11.4 Å². The third-order valence-corrected chi connectivity index (χ3v) is 5.70. The van der Waals surface area contributed by atoms with Gasteiger partial charge in [0.15, 0.2) is 5.69 Å². The highest BCUT2D eigenvalue weighted by Gasteiger charge is 2.38. The van der Waals surface area contributed by atoms with Crippen molar-refractivity contribution in [1.82, 2.24) is 24.1 Å². The maximum Gasteiger partial charge on any atom is 0.279 e. The lowest BCUT2D eigenvalue weighted by molar-refractivity contribution is 0.0328. The van der Waals surface area contributed by atoms with Gasteiger partial charge < -0.3 is 18.9 Å². The zero-order valence-electron chi connectivity index (χ0n) is 16.3. The van der Waals surface area contributed by atoms with Crippen LogP contribution in [0.2, 0.25) is 0 Å². The minimum atomic E-state index is -1.11. The molecule has 3 aromatic heterocycles. The van der Waals surface area contributed by atoms with E-state index in [0.717, 1.165) is 12.8 Å². The number of fused-ring (bicyclic) bond motifs is 3. The summed E-state index contributed by atoms with van der Waals surface area (Å²) in [6, 6.07) is 4.23. The first kappa shape index (κ1) is 18.9. The summed E-state index contributed by atoms with van der Waals surface area (Å²) < 4.78 is 27.4. The third-order valence-electron chi connectivity index (χ3n) is 5.70. The summed E-state index contributed by atoms with van der Waals surface area (Å²) in [5.74, 6) is -0.178. The van der Waals surface area contributed by atoms with E-state index in [9.17, 15) is 14.3 Å². The van der Waals surface area contributed by atoms with Crippen LogP contribution in [0.25, 0.3) is 28.1 Å². The fourth-order valence-electron chi connectivity index (χ4n) is 4.14. The number of halogens is 1. The molecule has 0 atom stereocenters. The van der Waals surface area contributed by atoms with Crippen LogP contribution in [0.4, 0.5) is 4.39 Å². The first-order valence-corrected chi connectivity index (χ1v) is 9.77. The molecule has 9 nitrogen and oxygen atoms in total. The molecule has 0 amide bonds. The molecule has 5 rings (SSSR count). The van der Waals surface area contributed by atoms with E-state index >= 15 is 0 Å². The Balaban J connectivity index is 1.72. The Hall–Kier alpha value is -3.11. The van der Waals surface area contributed by atoms with Gasteiger partial charge in [0.05, 0.1) is 17.6 Å². The van der Waals surface area contributed by atoms with Crippen LogP contribution in [0.5, 0.6) is 0 Å². The molecule has 3 heterocycles. The third kappa shape index (κ3) is 2.83. The normalized spacial score (nSPS) is 16.1. The number of methoxy groups -OCH3 is 1. The Morgan fingerprint density at radius 1 is 1.30 bits per heavy atom. The molecule has 30 heavy (non-hydrogen) atoms. The number of hydrogen-bond acceptors (Lipinski definition) is 7. The molecule has 156 valence electrons. The van der Waals surface area contributed by atoms with Crippen LogP contribution >= 0.6 is 0 Å². The van der Waals surface area contributed by atoms with E-state index in [0.29, 0.717) is 23.9 Å². The second kappa shape index (κ2) is 6.99. The molecule has 4 aromatic rings. The number of rotatable bonds is 5. The molecular weight excluding hydrogens is 393 g/mol. The van der Waals surface area contributed by atoms with Crippen LogP contribution in [0, 0.1) is 5.82 Å². The summed E-state index contributed by atoms with van der Waals surface area (Å²) in [7, 11) is 1.53. The fourth-order valence-corrected chi connectivity index (χ4v) is 4.14. The van der Waals surface area contributed by atoms with E-state index in [2.05, 4.69) is 15.1 Å². The quantitative estimate of drug-likeness (QED) is 0.535. The van der Waals surface area contributed by atoms with E-state index in [1.165, 1.54) is 30.1 Å². The zero-order valence-corrected chi connectivity index (χ0v) is 16.3. The lowest BCUT2D eigenvalue weighted by Crippen LogP contribution is -2.25. The van der Waals surface area contributed by atoms with E-state index in [4.69, 9.17) is 9.26 Å².